The molecule has 0 atom stereocenters. The Labute approximate surface area is 95.0 Å². The molecule has 0 saturated carbocycles. The minimum absolute atomic E-state index is 0.0128. The molecule has 0 spiro atoms. The molecule has 15 heavy (non-hydrogen) atoms. The van der Waals surface area contributed by atoms with E-state index < -0.39 is 5.91 Å². The van der Waals surface area contributed by atoms with Crippen LogP contribution in [-0.2, 0) is 0 Å². The number of nitrogens with zero attached hydrogens (tertiary/aromatic N) is 2. The quantitative estimate of drug-likeness (QED) is 0.614. The van der Waals surface area contributed by atoms with E-state index in [0.717, 1.165) is 0 Å². The van der Waals surface area contributed by atoms with E-state index in [0.29, 0.717) is 10.9 Å². The Kier molecular flexibility index (Phi) is 2.46. The third-order valence-electron chi connectivity index (χ3n) is 1.92. The largest absolute Gasteiger partial charge is 0.366 e. The first-order valence-corrected chi connectivity index (χ1v) is 4.77. The van der Waals surface area contributed by atoms with Gasteiger partial charge in [-0.15, -0.1) is 0 Å². The molecule has 1 aromatic heterocycles. The van der Waals surface area contributed by atoms with Gasteiger partial charge in [0.25, 0.3) is 5.91 Å². The molecule has 0 radical (unpaired) electrons. The number of nitrogens with two attached hydrogens (primary N) is 1. The molecule has 0 aliphatic rings. The van der Waals surface area contributed by atoms with Gasteiger partial charge in [-0.3, -0.25) is 4.79 Å². The summed E-state index contributed by atoms with van der Waals surface area (Å²) >= 11 is 11.5. The van der Waals surface area contributed by atoms with Crippen molar-refractivity contribution in [1.82, 2.24) is 9.97 Å². The van der Waals surface area contributed by atoms with Gasteiger partial charge in [-0.1, -0.05) is 17.7 Å². The highest BCUT2D eigenvalue weighted by molar-refractivity contribution is 6.36. The van der Waals surface area contributed by atoms with E-state index in [1.165, 1.54) is 0 Å². The van der Waals surface area contributed by atoms with E-state index in [-0.39, 0.29) is 16.0 Å². The summed E-state index contributed by atoms with van der Waals surface area (Å²) in [6.07, 6.45) is 0. The highest BCUT2D eigenvalue weighted by atomic mass is 35.5. The highest BCUT2D eigenvalue weighted by Crippen LogP contribution is 2.24. The molecule has 0 aliphatic carbocycles. The third kappa shape index (κ3) is 1.73. The van der Waals surface area contributed by atoms with Gasteiger partial charge in [0.05, 0.1) is 11.1 Å². The maximum atomic E-state index is 11.1. The summed E-state index contributed by atoms with van der Waals surface area (Å²) in [5, 5.41) is 0.742. The van der Waals surface area contributed by atoms with Crippen molar-refractivity contribution in [3.05, 3.63) is 34.2 Å². The number of aromatic nitrogens is 2. The fourth-order valence-electron chi connectivity index (χ4n) is 1.29. The van der Waals surface area contributed by atoms with E-state index in [2.05, 4.69) is 9.97 Å². The second-order valence-electron chi connectivity index (χ2n) is 2.85. The van der Waals surface area contributed by atoms with Crippen molar-refractivity contribution >= 4 is 40.0 Å². The number of carbonyl (C=O) groups excluding carboxylic acids is 1. The van der Waals surface area contributed by atoms with Gasteiger partial charge in [0.1, 0.15) is 5.15 Å². The number of amides is 1. The lowest BCUT2D eigenvalue weighted by Crippen LogP contribution is -2.12. The molecule has 0 saturated heterocycles. The standard InChI is InChI=1S/C9H5Cl2N3O/c10-7-4-2-1-3-5(8(12)15)6(4)13-9(11)14-7/h1-3H,(H2,12,15). The fraction of sp³-hybridized carbons (Fsp3) is 0. The van der Waals surface area contributed by atoms with Gasteiger partial charge in [0.2, 0.25) is 5.28 Å². The number of hydrogen-bond acceptors (Lipinski definition) is 3. The van der Waals surface area contributed by atoms with E-state index in [4.69, 9.17) is 28.9 Å². The van der Waals surface area contributed by atoms with E-state index >= 15 is 0 Å². The van der Waals surface area contributed by atoms with Crippen molar-refractivity contribution in [2.45, 2.75) is 0 Å². The topological polar surface area (TPSA) is 68.9 Å². The highest BCUT2D eigenvalue weighted by Gasteiger charge is 2.11. The minimum atomic E-state index is -0.577. The number of hydrogen-bond donors (Lipinski definition) is 1. The Morgan fingerprint density at radius 3 is 2.67 bits per heavy atom. The van der Waals surface area contributed by atoms with Crippen LogP contribution in [0.4, 0.5) is 0 Å². The summed E-state index contributed by atoms with van der Waals surface area (Å²) in [6.45, 7) is 0. The normalized spacial score (nSPS) is 10.5. The van der Waals surface area contributed by atoms with Crippen LogP contribution < -0.4 is 5.73 Å². The van der Waals surface area contributed by atoms with Gasteiger partial charge in [-0.25, -0.2) is 9.97 Å². The van der Waals surface area contributed by atoms with Crippen LogP contribution in [-0.4, -0.2) is 15.9 Å². The molecule has 1 aromatic carbocycles. The van der Waals surface area contributed by atoms with Gasteiger partial charge in [-0.2, -0.15) is 0 Å². The Morgan fingerprint density at radius 1 is 1.27 bits per heavy atom. The van der Waals surface area contributed by atoms with E-state index in [9.17, 15) is 4.79 Å². The molecule has 6 heteroatoms. The number of benzene rings is 1. The van der Waals surface area contributed by atoms with Crippen LogP contribution in [0.5, 0.6) is 0 Å². The Hall–Kier alpha value is -1.39. The summed E-state index contributed by atoms with van der Waals surface area (Å²) < 4.78 is 0. The molecule has 4 nitrogen and oxygen atoms in total. The van der Waals surface area contributed by atoms with Gasteiger partial charge in [0.15, 0.2) is 0 Å². The lowest BCUT2D eigenvalue weighted by molar-refractivity contribution is 0.100. The summed E-state index contributed by atoms with van der Waals surface area (Å²) in [4.78, 5) is 18.8. The Bertz CT molecular complexity index is 556. The first kappa shape index (κ1) is 10.1. The van der Waals surface area contributed by atoms with E-state index in [1.54, 1.807) is 18.2 Å². The average Bonchev–Trinajstić information content (AvgIpc) is 2.16. The first-order chi connectivity index (χ1) is 7.09. The van der Waals surface area contributed by atoms with E-state index in [1.807, 2.05) is 0 Å². The SMILES string of the molecule is NC(=O)c1cccc2c(Cl)nc(Cl)nc12. The lowest BCUT2D eigenvalue weighted by Gasteiger charge is -2.03. The summed E-state index contributed by atoms with van der Waals surface area (Å²) in [5.41, 5.74) is 5.84. The van der Waals surface area contributed by atoms with Gasteiger partial charge >= 0.3 is 0 Å². The predicted octanol–water partition coefficient (Wildman–Crippen LogP) is 2.04. The second-order valence-corrected chi connectivity index (χ2v) is 3.55. The van der Waals surface area contributed by atoms with Gasteiger partial charge in [-0.05, 0) is 23.7 Å². The molecule has 2 aromatic rings. The number of fused-ring (bicyclic) bond motifs is 1. The van der Waals surface area contributed by atoms with Gasteiger partial charge in [0, 0.05) is 5.39 Å². The Morgan fingerprint density at radius 2 is 2.00 bits per heavy atom. The third-order valence-corrected chi connectivity index (χ3v) is 2.38. The molecule has 2 rings (SSSR count). The molecule has 0 fully saturated rings. The monoisotopic (exact) mass is 241 g/mol. The summed E-state index contributed by atoms with van der Waals surface area (Å²) in [5.74, 6) is -0.577. The van der Waals surface area contributed by atoms with Crippen molar-refractivity contribution in [1.29, 1.82) is 0 Å². The zero-order chi connectivity index (χ0) is 11.0. The molecule has 0 bridgehead atoms. The van der Waals surface area contributed by atoms with Crippen molar-refractivity contribution in [2.75, 3.05) is 0 Å². The molecule has 0 aliphatic heterocycles. The number of carbonyl (C=O) groups is 1. The molecule has 0 unspecified atom stereocenters. The minimum Gasteiger partial charge on any atom is -0.366 e. The molecular formula is C9H5Cl2N3O. The number of halogens is 2. The van der Waals surface area contributed by atoms with Crippen LogP contribution in [0.1, 0.15) is 10.4 Å². The van der Waals surface area contributed by atoms with Crippen LogP contribution in [0.15, 0.2) is 18.2 Å². The van der Waals surface area contributed by atoms with Crippen molar-refractivity contribution in [2.24, 2.45) is 5.73 Å². The molecule has 2 N–H and O–H groups in total. The van der Waals surface area contributed by atoms with Gasteiger partial charge < -0.3 is 5.73 Å². The smallest absolute Gasteiger partial charge is 0.250 e. The fourth-order valence-corrected chi connectivity index (χ4v) is 1.73. The lowest BCUT2D eigenvalue weighted by atomic mass is 10.1. The number of rotatable bonds is 1. The first-order valence-electron chi connectivity index (χ1n) is 4.01. The number of para-hydroxylation sites is 1. The zero-order valence-electron chi connectivity index (χ0n) is 7.37. The molecule has 76 valence electrons. The second kappa shape index (κ2) is 3.64. The number of primary amides is 1. The molecular weight excluding hydrogens is 237 g/mol. The molecule has 1 heterocycles. The van der Waals surface area contributed by atoms with Crippen LogP contribution in [0, 0.1) is 0 Å². The summed E-state index contributed by atoms with van der Waals surface area (Å²) in [6, 6.07) is 4.91. The van der Waals surface area contributed by atoms with Crippen LogP contribution in [0.3, 0.4) is 0 Å². The van der Waals surface area contributed by atoms with Crippen molar-refractivity contribution in [3.63, 3.8) is 0 Å². The van der Waals surface area contributed by atoms with Crippen LogP contribution in [0.2, 0.25) is 10.4 Å². The maximum Gasteiger partial charge on any atom is 0.250 e. The van der Waals surface area contributed by atoms with Crippen LogP contribution >= 0.6 is 23.2 Å². The predicted molar refractivity (Wildman–Crippen MR) is 58.1 cm³/mol. The summed E-state index contributed by atoms with van der Waals surface area (Å²) in [7, 11) is 0. The Balaban J connectivity index is 2.91. The van der Waals surface area contributed by atoms with Crippen LogP contribution in [0.25, 0.3) is 10.9 Å². The van der Waals surface area contributed by atoms with Crippen molar-refractivity contribution in [3.8, 4) is 0 Å². The van der Waals surface area contributed by atoms with Crippen molar-refractivity contribution < 1.29 is 4.79 Å². The molecule has 1 amide bonds. The average molecular weight is 242 g/mol. The maximum absolute atomic E-state index is 11.1. The zero-order valence-corrected chi connectivity index (χ0v) is 8.88.